The van der Waals surface area contributed by atoms with Crippen molar-refractivity contribution in [1.29, 1.82) is 0 Å². The molecule has 2 rings (SSSR count). The van der Waals surface area contributed by atoms with Crippen LogP contribution in [0.3, 0.4) is 0 Å². The smallest absolute Gasteiger partial charge is 0.253 e. The van der Waals surface area contributed by atoms with E-state index >= 15 is 0 Å². The predicted molar refractivity (Wildman–Crippen MR) is 122 cm³/mol. The summed E-state index contributed by atoms with van der Waals surface area (Å²) in [6.07, 6.45) is 1.46. The van der Waals surface area contributed by atoms with Gasteiger partial charge in [-0.2, -0.15) is 0 Å². The Hall–Kier alpha value is -2.24. The Morgan fingerprint density at radius 1 is 1.03 bits per heavy atom. The minimum atomic E-state index is 0.00736. The first-order chi connectivity index (χ1) is 13.9. The lowest BCUT2D eigenvalue weighted by Crippen LogP contribution is -2.38. The average Bonchev–Trinajstić information content (AvgIpc) is 2.69. The molecule has 7 heteroatoms. The molecule has 0 spiro atoms. The average molecular weight is 435 g/mol. The summed E-state index contributed by atoms with van der Waals surface area (Å²) in [6.45, 7) is 4.08. The topological polar surface area (TPSA) is 56.7 Å². The van der Waals surface area contributed by atoms with Crippen LogP contribution in [-0.4, -0.2) is 50.5 Å². The third-order valence-corrected chi connectivity index (χ3v) is 5.03. The molecule has 0 aliphatic heterocycles. The number of halogens is 2. The summed E-state index contributed by atoms with van der Waals surface area (Å²) in [5.74, 6) is 0.754. The standard InChI is InChI=1S/C22H28Cl2N4O/c1-4-25-22(27-14-12-18-19(23)9-6-10-20(18)24)26-13-11-16-7-5-8-17(15-16)21(29)28(2)3/h5-10,15H,4,11-14H2,1-3H3,(H2,25,26,27). The summed E-state index contributed by atoms with van der Waals surface area (Å²) < 4.78 is 0. The van der Waals surface area contributed by atoms with Crippen LogP contribution in [0.5, 0.6) is 0 Å². The SMILES string of the molecule is CCNC(=NCCc1c(Cl)cccc1Cl)NCCc1cccc(C(=O)N(C)C)c1. The molecule has 0 unspecified atom stereocenters. The number of nitrogens with zero attached hydrogens (tertiary/aromatic N) is 2. The van der Waals surface area contributed by atoms with Crippen LogP contribution in [0.2, 0.25) is 10.0 Å². The maximum atomic E-state index is 12.1. The number of nitrogens with one attached hydrogen (secondary N) is 2. The van der Waals surface area contributed by atoms with Crippen LogP contribution in [0.1, 0.15) is 28.4 Å². The molecule has 0 bridgehead atoms. The quantitative estimate of drug-likeness (QED) is 0.486. The van der Waals surface area contributed by atoms with E-state index in [9.17, 15) is 4.79 Å². The number of aliphatic imine (C=N–C) groups is 1. The lowest BCUT2D eigenvalue weighted by Gasteiger charge is -2.13. The largest absolute Gasteiger partial charge is 0.357 e. The Balaban J connectivity index is 1.91. The monoisotopic (exact) mass is 434 g/mol. The fourth-order valence-electron chi connectivity index (χ4n) is 2.84. The van der Waals surface area contributed by atoms with Crippen molar-refractivity contribution >= 4 is 35.1 Å². The van der Waals surface area contributed by atoms with Gasteiger partial charge >= 0.3 is 0 Å². The predicted octanol–water partition coefficient (Wildman–Crippen LogP) is 4.04. The second kappa shape index (κ2) is 11.7. The van der Waals surface area contributed by atoms with Crippen LogP contribution >= 0.6 is 23.2 Å². The molecule has 0 saturated carbocycles. The highest BCUT2D eigenvalue weighted by molar-refractivity contribution is 6.36. The molecule has 156 valence electrons. The molecule has 0 radical (unpaired) electrons. The van der Waals surface area contributed by atoms with E-state index in [0.717, 1.165) is 30.1 Å². The van der Waals surface area contributed by atoms with E-state index in [1.165, 1.54) is 0 Å². The molecule has 5 nitrogen and oxygen atoms in total. The fourth-order valence-corrected chi connectivity index (χ4v) is 3.42. The van der Waals surface area contributed by atoms with Crippen LogP contribution in [0.25, 0.3) is 0 Å². The van der Waals surface area contributed by atoms with E-state index in [0.29, 0.717) is 35.1 Å². The summed E-state index contributed by atoms with van der Waals surface area (Å²) in [6, 6.07) is 13.2. The first kappa shape index (κ1) is 23.0. The Bertz CT molecular complexity index is 832. The number of hydrogen-bond acceptors (Lipinski definition) is 2. The zero-order chi connectivity index (χ0) is 21.2. The van der Waals surface area contributed by atoms with E-state index in [1.54, 1.807) is 19.0 Å². The number of benzene rings is 2. The van der Waals surface area contributed by atoms with Gasteiger partial charge in [0, 0.05) is 49.3 Å². The molecule has 0 atom stereocenters. The van der Waals surface area contributed by atoms with Gasteiger partial charge in [-0.1, -0.05) is 41.4 Å². The molecule has 0 heterocycles. The van der Waals surface area contributed by atoms with Gasteiger partial charge in [-0.15, -0.1) is 0 Å². The van der Waals surface area contributed by atoms with Crippen LogP contribution in [0.15, 0.2) is 47.5 Å². The van der Waals surface area contributed by atoms with Crippen molar-refractivity contribution in [1.82, 2.24) is 15.5 Å². The van der Waals surface area contributed by atoms with Gasteiger partial charge in [0.05, 0.1) is 0 Å². The van der Waals surface area contributed by atoms with Gasteiger partial charge in [-0.3, -0.25) is 9.79 Å². The first-order valence-electron chi connectivity index (χ1n) is 9.68. The highest BCUT2D eigenvalue weighted by Crippen LogP contribution is 2.24. The highest BCUT2D eigenvalue weighted by Gasteiger charge is 2.08. The van der Waals surface area contributed by atoms with Crippen molar-refractivity contribution in [2.75, 3.05) is 33.7 Å². The van der Waals surface area contributed by atoms with E-state index in [-0.39, 0.29) is 5.91 Å². The molecule has 0 saturated heterocycles. The number of carbonyl (C=O) groups is 1. The van der Waals surface area contributed by atoms with Gasteiger partial charge < -0.3 is 15.5 Å². The minimum absolute atomic E-state index is 0.00736. The van der Waals surface area contributed by atoms with Gasteiger partial charge in [0.15, 0.2) is 5.96 Å². The summed E-state index contributed by atoms with van der Waals surface area (Å²) in [4.78, 5) is 18.3. The van der Waals surface area contributed by atoms with E-state index in [2.05, 4.69) is 15.6 Å². The zero-order valence-corrected chi connectivity index (χ0v) is 18.6. The molecule has 1 amide bonds. The molecule has 0 fully saturated rings. The maximum absolute atomic E-state index is 12.1. The van der Waals surface area contributed by atoms with Crippen molar-refractivity contribution in [3.05, 3.63) is 69.2 Å². The Kier molecular flexibility index (Phi) is 9.29. The van der Waals surface area contributed by atoms with Crippen molar-refractivity contribution in [3.63, 3.8) is 0 Å². The lowest BCUT2D eigenvalue weighted by atomic mass is 10.1. The van der Waals surface area contributed by atoms with E-state index in [4.69, 9.17) is 23.2 Å². The maximum Gasteiger partial charge on any atom is 0.253 e. The number of guanidine groups is 1. The number of amides is 1. The van der Waals surface area contributed by atoms with Crippen LogP contribution in [-0.2, 0) is 12.8 Å². The summed E-state index contributed by atoms with van der Waals surface area (Å²) >= 11 is 12.4. The van der Waals surface area contributed by atoms with Crippen molar-refractivity contribution in [2.24, 2.45) is 4.99 Å². The molecule has 0 aliphatic rings. The van der Waals surface area contributed by atoms with Gasteiger partial charge in [0.2, 0.25) is 0 Å². The Labute approximate surface area is 183 Å². The second-order valence-corrected chi connectivity index (χ2v) is 7.60. The van der Waals surface area contributed by atoms with Crippen molar-refractivity contribution in [2.45, 2.75) is 19.8 Å². The van der Waals surface area contributed by atoms with Crippen molar-refractivity contribution < 1.29 is 4.79 Å². The fraction of sp³-hybridized carbons (Fsp3) is 0.364. The number of carbonyl (C=O) groups excluding carboxylic acids is 1. The normalized spacial score (nSPS) is 11.3. The molecule has 2 aromatic rings. The van der Waals surface area contributed by atoms with Gasteiger partial charge in [0.1, 0.15) is 0 Å². The summed E-state index contributed by atoms with van der Waals surface area (Å²) in [5.41, 5.74) is 2.71. The Morgan fingerprint density at radius 2 is 1.72 bits per heavy atom. The third-order valence-electron chi connectivity index (χ3n) is 4.32. The van der Waals surface area contributed by atoms with Gasteiger partial charge in [-0.05, 0) is 55.2 Å². The summed E-state index contributed by atoms with van der Waals surface area (Å²) in [5, 5.41) is 7.90. The van der Waals surface area contributed by atoms with Gasteiger partial charge in [-0.25, -0.2) is 0 Å². The second-order valence-electron chi connectivity index (χ2n) is 6.79. The molecule has 29 heavy (non-hydrogen) atoms. The Morgan fingerprint density at radius 3 is 2.38 bits per heavy atom. The minimum Gasteiger partial charge on any atom is -0.357 e. The lowest BCUT2D eigenvalue weighted by molar-refractivity contribution is 0.0827. The van der Waals surface area contributed by atoms with Crippen LogP contribution in [0.4, 0.5) is 0 Å². The molecule has 0 aromatic heterocycles. The number of rotatable bonds is 8. The first-order valence-corrected chi connectivity index (χ1v) is 10.4. The molecule has 0 aliphatic carbocycles. The summed E-state index contributed by atoms with van der Waals surface area (Å²) in [7, 11) is 3.51. The molecule has 2 N–H and O–H groups in total. The van der Waals surface area contributed by atoms with E-state index in [1.807, 2.05) is 49.4 Å². The number of hydrogen-bond donors (Lipinski definition) is 2. The van der Waals surface area contributed by atoms with Crippen LogP contribution in [0, 0.1) is 0 Å². The van der Waals surface area contributed by atoms with E-state index < -0.39 is 0 Å². The molecular weight excluding hydrogens is 407 g/mol. The molecular formula is C22H28Cl2N4O. The highest BCUT2D eigenvalue weighted by atomic mass is 35.5. The van der Waals surface area contributed by atoms with Crippen molar-refractivity contribution in [3.8, 4) is 0 Å². The molecule has 2 aromatic carbocycles. The third kappa shape index (κ3) is 7.26. The van der Waals surface area contributed by atoms with Gasteiger partial charge in [0.25, 0.3) is 5.91 Å². The zero-order valence-electron chi connectivity index (χ0n) is 17.1. The van der Waals surface area contributed by atoms with Crippen LogP contribution < -0.4 is 10.6 Å².